The zero-order chi connectivity index (χ0) is 14.4. The Hall–Kier alpha value is -2.31. The van der Waals surface area contributed by atoms with Gasteiger partial charge in [-0.1, -0.05) is 24.5 Å². The molecule has 0 saturated heterocycles. The molecule has 1 aliphatic carbocycles. The Bertz CT molecular complexity index is 507. The van der Waals surface area contributed by atoms with Gasteiger partial charge in [-0.3, -0.25) is 14.9 Å². The van der Waals surface area contributed by atoms with Gasteiger partial charge in [-0.2, -0.15) is 5.11 Å². The van der Waals surface area contributed by atoms with Crippen LogP contribution < -0.4 is 5.43 Å². The number of nitro benzene ring substituents is 1. The summed E-state index contributed by atoms with van der Waals surface area (Å²) in [5.41, 5.74) is 2.61. The van der Waals surface area contributed by atoms with Crippen molar-refractivity contribution in [3.8, 4) is 0 Å². The van der Waals surface area contributed by atoms with E-state index in [1.165, 1.54) is 30.7 Å². The number of carbonyl (C=O) groups is 1. The predicted octanol–water partition coefficient (Wildman–Crippen LogP) is 3.02. The van der Waals surface area contributed by atoms with Crippen molar-refractivity contribution in [2.45, 2.75) is 38.1 Å². The van der Waals surface area contributed by atoms with E-state index in [1.807, 2.05) is 0 Å². The molecule has 0 radical (unpaired) electrons. The minimum atomic E-state index is -0.509. The van der Waals surface area contributed by atoms with Crippen molar-refractivity contribution in [2.24, 2.45) is 10.3 Å². The molecular formula is C13H16N4O3. The third kappa shape index (κ3) is 3.84. The van der Waals surface area contributed by atoms with Gasteiger partial charge in [-0.25, -0.2) is 5.43 Å². The average Bonchev–Trinajstić information content (AvgIpc) is 2.48. The summed E-state index contributed by atoms with van der Waals surface area (Å²) in [5.74, 6) is -0.417. The summed E-state index contributed by atoms with van der Waals surface area (Å²) in [6.07, 6.45) is 5.56. The van der Waals surface area contributed by atoms with Crippen molar-refractivity contribution in [1.29, 1.82) is 0 Å². The Morgan fingerprint density at radius 1 is 1.20 bits per heavy atom. The molecule has 1 N–H and O–H groups in total. The highest BCUT2D eigenvalue weighted by Gasteiger charge is 2.12. The highest BCUT2D eigenvalue weighted by molar-refractivity contribution is 5.94. The molecule has 0 atom stereocenters. The van der Waals surface area contributed by atoms with Crippen LogP contribution >= 0.6 is 0 Å². The fraction of sp³-hybridized carbons (Fsp3) is 0.462. The van der Waals surface area contributed by atoms with E-state index < -0.39 is 10.8 Å². The topological polar surface area (TPSA) is 97.0 Å². The molecule has 0 spiro atoms. The number of hydrogen-bond acceptors (Lipinski definition) is 5. The Balaban J connectivity index is 1.87. The van der Waals surface area contributed by atoms with E-state index in [9.17, 15) is 14.9 Å². The fourth-order valence-electron chi connectivity index (χ4n) is 2.15. The number of non-ortho nitro benzene ring substituents is 1. The Morgan fingerprint density at radius 2 is 1.85 bits per heavy atom. The summed E-state index contributed by atoms with van der Waals surface area (Å²) in [7, 11) is 0. The Morgan fingerprint density at radius 3 is 2.45 bits per heavy atom. The van der Waals surface area contributed by atoms with Crippen molar-refractivity contribution >= 4 is 11.6 Å². The first-order valence-corrected chi connectivity index (χ1v) is 6.61. The molecular weight excluding hydrogens is 260 g/mol. The molecule has 20 heavy (non-hydrogen) atoms. The fourth-order valence-corrected chi connectivity index (χ4v) is 2.15. The van der Waals surface area contributed by atoms with Crippen LogP contribution in [-0.2, 0) is 0 Å². The zero-order valence-corrected chi connectivity index (χ0v) is 11.0. The van der Waals surface area contributed by atoms with E-state index in [0.29, 0.717) is 5.56 Å². The molecule has 1 aromatic carbocycles. The van der Waals surface area contributed by atoms with Gasteiger partial charge in [0.05, 0.1) is 11.0 Å². The summed E-state index contributed by atoms with van der Waals surface area (Å²) >= 11 is 0. The highest BCUT2D eigenvalue weighted by Crippen LogP contribution is 2.20. The summed E-state index contributed by atoms with van der Waals surface area (Å²) in [5, 5.41) is 18.3. The van der Waals surface area contributed by atoms with Crippen LogP contribution in [0.1, 0.15) is 42.5 Å². The van der Waals surface area contributed by atoms with Gasteiger partial charge < -0.3 is 0 Å². The second-order valence-electron chi connectivity index (χ2n) is 4.75. The number of nitro groups is 1. The molecule has 7 heteroatoms. The van der Waals surface area contributed by atoms with Gasteiger partial charge in [-0.15, -0.1) is 0 Å². The molecule has 0 heterocycles. The second-order valence-corrected chi connectivity index (χ2v) is 4.75. The van der Waals surface area contributed by atoms with E-state index >= 15 is 0 Å². The molecule has 1 fully saturated rings. The molecule has 0 aliphatic heterocycles. The van der Waals surface area contributed by atoms with Crippen LogP contribution in [0.4, 0.5) is 5.69 Å². The molecule has 1 saturated carbocycles. The largest absolute Gasteiger partial charge is 0.272 e. The smallest absolute Gasteiger partial charge is 0.267 e. The van der Waals surface area contributed by atoms with Gasteiger partial charge in [0.25, 0.3) is 11.6 Å². The average molecular weight is 276 g/mol. The van der Waals surface area contributed by atoms with Crippen LogP contribution in [0.5, 0.6) is 0 Å². The Labute approximate surface area is 116 Å². The van der Waals surface area contributed by atoms with Crippen molar-refractivity contribution in [2.75, 3.05) is 0 Å². The van der Waals surface area contributed by atoms with Gasteiger partial charge in [0, 0.05) is 17.7 Å². The van der Waals surface area contributed by atoms with Gasteiger partial charge in [0.2, 0.25) is 0 Å². The number of benzene rings is 1. The van der Waals surface area contributed by atoms with Crippen LogP contribution in [-0.4, -0.2) is 16.9 Å². The Kier molecular flexibility index (Phi) is 4.75. The third-order valence-corrected chi connectivity index (χ3v) is 3.29. The van der Waals surface area contributed by atoms with Gasteiger partial charge in [0.15, 0.2) is 0 Å². The molecule has 1 amide bonds. The zero-order valence-electron chi connectivity index (χ0n) is 11.0. The molecule has 0 unspecified atom stereocenters. The summed E-state index contributed by atoms with van der Waals surface area (Å²) in [4.78, 5) is 21.7. The highest BCUT2D eigenvalue weighted by atomic mass is 16.6. The number of rotatable bonds is 4. The van der Waals surface area contributed by atoms with Gasteiger partial charge >= 0.3 is 0 Å². The van der Waals surface area contributed by atoms with Crippen molar-refractivity contribution in [3.05, 3.63) is 39.9 Å². The number of nitrogens with one attached hydrogen (secondary N) is 1. The number of hydrogen-bond donors (Lipinski definition) is 1. The van der Waals surface area contributed by atoms with Crippen LogP contribution in [0.15, 0.2) is 34.6 Å². The van der Waals surface area contributed by atoms with E-state index in [4.69, 9.17) is 0 Å². The molecule has 2 rings (SSSR count). The van der Waals surface area contributed by atoms with E-state index in [0.717, 1.165) is 25.7 Å². The van der Waals surface area contributed by atoms with E-state index in [-0.39, 0.29) is 11.7 Å². The molecule has 1 aliphatic rings. The third-order valence-electron chi connectivity index (χ3n) is 3.29. The van der Waals surface area contributed by atoms with Crippen LogP contribution in [0.2, 0.25) is 0 Å². The van der Waals surface area contributed by atoms with Crippen LogP contribution in [0.3, 0.4) is 0 Å². The normalized spacial score (nSPS) is 16.2. The molecule has 0 aromatic heterocycles. The minimum Gasteiger partial charge on any atom is -0.267 e. The lowest BCUT2D eigenvalue weighted by Crippen LogP contribution is -2.18. The SMILES string of the molecule is O=C(NN=NC1CCCCC1)c1ccc([N+](=O)[O-])cc1. The number of amides is 1. The minimum absolute atomic E-state index is 0.0506. The van der Waals surface area contributed by atoms with E-state index in [2.05, 4.69) is 15.8 Å². The number of carbonyl (C=O) groups excluding carboxylic acids is 1. The molecule has 1 aromatic rings. The second kappa shape index (κ2) is 6.74. The summed E-state index contributed by atoms with van der Waals surface area (Å²) < 4.78 is 0. The van der Waals surface area contributed by atoms with Crippen LogP contribution in [0, 0.1) is 10.1 Å². The number of nitrogens with zero attached hydrogens (tertiary/aromatic N) is 3. The van der Waals surface area contributed by atoms with Crippen LogP contribution in [0.25, 0.3) is 0 Å². The quantitative estimate of drug-likeness (QED) is 0.520. The monoisotopic (exact) mass is 276 g/mol. The molecule has 0 bridgehead atoms. The first kappa shape index (κ1) is 14.1. The standard InChI is InChI=1S/C13H16N4O3/c18-13(10-6-8-12(9-7-10)17(19)20)15-16-14-11-4-2-1-3-5-11/h6-9,11H,1-5H2,(H,14,15,18). The van der Waals surface area contributed by atoms with Crippen molar-refractivity contribution in [3.63, 3.8) is 0 Å². The molecule has 7 nitrogen and oxygen atoms in total. The maximum atomic E-state index is 11.7. The first-order chi connectivity index (χ1) is 9.66. The lowest BCUT2D eigenvalue weighted by atomic mass is 9.96. The predicted molar refractivity (Wildman–Crippen MR) is 72.3 cm³/mol. The summed E-state index contributed by atoms with van der Waals surface area (Å²) in [6, 6.07) is 5.55. The lowest BCUT2D eigenvalue weighted by molar-refractivity contribution is -0.384. The van der Waals surface area contributed by atoms with Gasteiger partial charge in [-0.05, 0) is 25.0 Å². The summed E-state index contributed by atoms with van der Waals surface area (Å²) in [6.45, 7) is 0. The first-order valence-electron chi connectivity index (χ1n) is 6.61. The maximum absolute atomic E-state index is 11.7. The van der Waals surface area contributed by atoms with Crippen molar-refractivity contribution < 1.29 is 9.72 Å². The van der Waals surface area contributed by atoms with Crippen molar-refractivity contribution in [1.82, 2.24) is 5.43 Å². The van der Waals surface area contributed by atoms with E-state index in [1.54, 1.807) is 0 Å². The lowest BCUT2D eigenvalue weighted by Gasteiger charge is -2.15. The maximum Gasteiger partial charge on any atom is 0.272 e. The van der Waals surface area contributed by atoms with Gasteiger partial charge in [0.1, 0.15) is 0 Å². The molecule has 106 valence electrons.